The Morgan fingerprint density at radius 3 is 1.59 bits per heavy atom. The summed E-state index contributed by atoms with van der Waals surface area (Å²) in [6.45, 7) is 2.14. The third-order valence-electron chi connectivity index (χ3n) is 13.5. The molecule has 9 aromatic carbocycles. The van der Waals surface area contributed by atoms with Crippen LogP contribution in [0.1, 0.15) is 27.8 Å². The highest BCUT2D eigenvalue weighted by Crippen LogP contribution is 2.63. The van der Waals surface area contributed by atoms with E-state index in [-0.39, 0.29) is 0 Å². The zero-order valence-electron chi connectivity index (χ0n) is 35.2. The van der Waals surface area contributed by atoms with Crippen LogP contribution in [0.2, 0.25) is 0 Å². The monoisotopic (exact) mass is 816 g/mol. The number of hydrogen-bond donors (Lipinski definition) is 0. The van der Waals surface area contributed by atoms with Crippen LogP contribution in [-0.2, 0) is 5.41 Å². The van der Waals surface area contributed by atoms with Crippen molar-refractivity contribution in [2.75, 3.05) is 4.90 Å². The molecule has 0 bridgehead atoms. The van der Waals surface area contributed by atoms with Crippen molar-refractivity contribution in [3.63, 3.8) is 0 Å². The average molecular weight is 817 g/mol. The molecule has 300 valence electrons. The molecule has 3 heterocycles. The average Bonchev–Trinajstić information content (AvgIpc) is 3.85. The Bertz CT molecular complexity index is 3520. The van der Waals surface area contributed by atoms with Gasteiger partial charge in [-0.25, -0.2) is 9.97 Å². The van der Waals surface area contributed by atoms with Crippen LogP contribution < -0.4 is 4.90 Å². The van der Waals surface area contributed by atoms with Gasteiger partial charge in [-0.3, -0.25) is 4.90 Å². The van der Waals surface area contributed by atoms with E-state index in [2.05, 4.69) is 229 Å². The fourth-order valence-corrected chi connectivity index (χ4v) is 10.7. The van der Waals surface area contributed by atoms with Crippen LogP contribution in [0.5, 0.6) is 0 Å². The van der Waals surface area contributed by atoms with E-state index in [0.717, 1.165) is 33.9 Å². The summed E-state index contributed by atoms with van der Waals surface area (Å²) in [5.41, 5.74) is 20.0. The standard InChI is InChI=1S/C60H40N4/c1-39-28-32-44(33-29-39)63-55-25-13-9-21-47(55)48-36-42(31-35-56(48)63)43-30-34-46-45-20-8-10-22-49(45)60(52(46)37-43)50-23-11-14-26-57(50)64(58-27-15-12-24-51(58)60)59-61-53(40-16-4-2-5-17-40)38-54(62-59)41-18-6-3-7-19-41/h2-38H,1H3. The zero-order chi connectivity index (χ0) is 42.4. The van der Waals surface area contributed by atoms with Gasteiger partial charge < -0.3 is 4.57 Å². The molecule has 0 N–H and O–H groups in total. The first-order valence-electron chi connectivity index (χ1n) is 22.0. The first-order chi connectivity index (χ1) is 31.6. The van der Waals surface area contributed by atoms with Gasteiger partial charge in [0.1, 0.15) is 0 Å². The van der Waals surface area contributed by atoms with Gasteiger partial charge >= 0.3 is 0 Å². The van der Waals surface area contributed by atoms with E-state index in [4.69, 9.17) is 9.97 Å². The maximum absolute atomic E-state index is 5.39. The second kappa shape index (κ2) is 14.1. The van der Waals surface area contributed by atoms with Crippen molar-refractivity contribution in [2.45, 2.75) is 12.3 Å². The maximum Gasteiger partial charge on any atom is 0.235 e. The topological polar surface area (TPSA) is 34.0 Å². The molecular formula is C60H40N4. The number of anilines is 3. The van der Waals surface area contributed by atoms with Gasteiger partial charge in [0.15, 0.2) is 0 Å². The van der Waals surface area contributed by atoms with Gasteiger partial charge in [0.05, 0.1) is 39.2 Å². The predicted molar refractivity (Wildman–Crippen MR) is 263 cm³/mol. The van der Waals surface area contributed by atoms with Crippen LogP contribution in [0, 0.1) is 6.92 Å². The molecule has 11 aromatic rings. The lowest BCUT2D eigenvalue weighted by molar-refractivity contribution is 0.750. The molecule has 0 saturated heterocycles. The van der Waals surface area contributed by atoms with Gasteiger partial charge in [0.25, 0.3) is 0 Å². The molecule has 1 aliphatic heterocycles. The maximum atomic E-state index is 5.39. The largest absolute Gasteiger partial charge is 0.309 e. The highest BCUT2D eigenvalue weighted by Gasteiger charge is 2.52. The van der Waals surface area contributed by atoms with Gasteiger partial charge in [-0.1, -0.05) is 175 Å². The quantitative estimate of drug-likeness (QED) is 0.173. The highest BCUT2D eigenvalue weighted by molar-refractivity contribution is 6.10. The minimum atomic E-state index is -0.615. The van der Waals surface area contributed by atoms with Crippen molar-refractivity contribution in [1.29, 1.82) is 0 Å². The smallest absolute Gasteiger partial charge is 0.235 e. The van der Waals surface area contributed by atoms with E-state index in [1.165, 1.54) is 77.6 Å². The van der Waals surface area contributed by atoms with Crippen molar-refractivity contribution in [2.24, 2.45) is 0 Å². The van der Waals surface area contributed by atoms with E-state index < -0.39 is 5.41 Å². The number of hydrogen-bond acceptors (Lipinski definition) is 3. The number of rotatable bonds is 5. The van der Waals surface area contributed by atoms with Crippen molar-refractivity contribution < 1.29 is 0 Å². The van der Waals surface area contributed by atoms with Gasteiger partial charge in [-0.2, -0.15) is 0 Å². The summed E-state index contributed by atoms with van der Waals surface area (Å²) in [5, 5.41) is 2.48. The van der Waals surface area contributed by atoms with Crippen molar-refractivity contribution in [3.05, 3.63) is 252 Å². The molecular weight excluding hydrogens is 777 g/mol. The summed E-state index contributed by atoms with van der Waals surface area (Å²) in [6, 6.07) is 81.5. The molecule has 2 aromatic heterocycles. The van der Waals surface area contributed by atoms with Crippen LogP contribution in [-0.4, -0.2) is 14.5 Å². The van der Waals surface area contributed by atoms with E-state index in [0.29, 0.717) is 5.95 Å². The van der Waals surface area contributed by atoms with Crippen LogP contribution in [0.25, 0.3) is 72.3 Å². The molecule has 64 heavy (non-hydrogen) atoms. The Morgan fingerprint density at radius 1 is 0.375 bits per heavy atom. The second-order valence-corrected chi connectivity index (χ2v) is 17.0. The molecule has 0 amide bonds. The summed E-state index contributed by atoms with van der Waals surface area (Å²) in [7, 11) is 0. The number of nitrogens with zero attached hydrogens (tertiary/aromatic N) is 4. The van der Waals surface area contributed by atoms with Crippen LogP contribution in [0.4, 0.5) is 17.3 Å². The number of aryl methyl sites for hydroxylation is 1. The molecule has 0 fully saturated rings. The molecule has 0 atom stereocenters. The molecule has 0 radical (unpaired) electrons. The number of aromatic nitrogens is 3. The third-order valence-corrected chi connectivity index (χ3v) is 13.5. The van der Waals surface area contributed by atoms with Crippen LogP contribution in [0.3, 0.4) is 0 Å². The number of para-hydroxylation sites is 3. The van der Waals surface area contributed by atoms with E-state index in [9.17, 15) is 0 Å². The van der Waals surface area contributed by atoms with Crippen molar-refractivity contribution >= 4 is 39.1 Å². The second-order valence-electron chi connectivity index (χ2n) is 17.0. The van der Waals surface area contributed by atoms with Crippen molar-refractivity contribution in [3.8, 4) is 50.5 Å². The lowest BCUT2D eigenvalue weighted by Gasteiger charge is -2.44. The van der Waals surface area contributed by atoms with Gasteiger partial charge in [-0.05, 0) is 106 Å². The van der Waals surface area contributed by atoms with E-state index >= 15 is 0 Å². The van der Waals surface area contributed by atoms with Gasteiger partial charge in [0, 0.05) is 27.6 Å². The van der Waals surface area contributed by atoms with Crippen LogP contribution in [0.15, 0.2) is 224 Å². The fourth-order valence-electron chi connectivity index (χ4n) is 10.7. The SMILES string of the molecule is Cc1ccc(-n2c3ccccc3c3cc(-c4ccc5c(c4)C4(c6ccccc6-5)c5ccccc5N(c5nc(-c6ccccc6)cc(-c6ccccc6)n5)c5ccccc54)ccc32)cc1. The molecule has 4 heteroatoms. The fraction of sp³-hybridized carbons (Fsp3) is 0.0333. The first-order valence-corrected chi connectivity index (χ1v) is 22.0. The zero-order valence-corrected chi connectivity index (χ0v) is 35.2. The Kier molecular flexibility index (Phi) is 8.00. The third kappa shape index (κ3) is 5.29. The molecule has 13 rings (SSSR count). The molecule has 2 aliphatic rings. The Morgan fingerprint density at radius 2 is 0.906 bits per heavy atom. The highest BCUT2D eigenvalue weighted by atomic mass is 15.3. The van der Waals surface area contributed by atoms with Crippen LogP contribution >= 0.6 is 0 Å². The predicted octanol–water partition coefficient (Wildman–Crippen LogP) is 15.0. The lowest BCUT2D eigenvalue weighted by atomic mass is 9.64. The first kappa shape index (κ1) is 36.3. The summed E-state index contributed by atoms with van der Waals surface area (Å²) < 4.78 is 2.39. The molecule has 1 aliphatic carbocycles. The minimum Gasteiger partial charge on any atom is -0.309 e. The lowest BCUT2D eigenvalue weighted by Crippen LogP contribution is -2.36. The summed E-state index contributed by atoms with van der Waals surface area (Å²) in [4.78, 5) is 13.1. The minimum absolute atomic E-state index is 0.615. The Hall–Kier alpha value is -8.34. The van der Waals surface area contributed by atoms with Gasteiger partial charge in [0.2, 0.25) is 5.95 Å². The molecule has 4 nitrogen and oxygen atoms in total. The summed E-state index contributed by atoms with van der Waals surface area (Å²) in [6.07, 6.45) is 0. The summed E-state index contributed by atoms with van der Waals surface area (Å²) in [5.74, 6) is 0.633. The van der Waals surface area contributed by atoms with Crippen molar-refractivity contribution in [1.82, 2.24) is 14.5 Å². The molecule has 1 spiro atoms. The molecule has 0 saturated carbocycles. The molecule has 0 unspecified atom stereocenters. The van der Waals surface area contributed by atoms with E-state index in [1.807, 2.05) is 12.1 Å². The summed E-state index contributed by atoms with van der Waals surface area (Å²) >= 11 is 0. The van der Waals surface area contributed by atoms with Gasteiger partial charge in [-0.15, -0.1) is 0 Å². The number of benzene rings is 9. The normalized spacial score (nSPS) is 13.2. The Balaban J connectivity index is 1.04. The van der Waals surface area contributed by atoms with E-state index in [1.54, 1.807) is 0 Å². The Labute approximate surface area is 372 Å². The number of fused-ring (bicyclic) bond motifs is 12.